The predicted molar refractivity (Wildman–Crippen MR) is 34.2 cm³/mol. The fourth-order valence-electron chi connectivity index (χ4n) is 0.111. The predicted octanol–water partition coefficient (Wildman–Crippen LogP) is 2.21. The SMILES string of the molecule is O=C(Cl)NC=C(Cl)Cl. The molecule has 0 unspecified atom stereocenters. The molecule has 0 aromatic carbocycles. The van der Waals surface area contributed by atoms with Gasteiger partial charge in [-0.2, -0.15) is 0 Å². The molecule has 0 aliphatic carbocycles. The van der Waals surface area contributed by atoms with Crippen LogP contribution in [0.15, 0.2) is 10.7 Å². The van der Waals surface area contributed by atoms with E-state index in [1.165, 1.54) is 0 Å². The summed E-state index contributed by atoms with van der Waals surface area (Å²) in [5, 5.41) is 1.33. The fraction of sp³-hybridized carbons (Fsp3) is 0. The van der Waals surface area contributed by atoms with Gasteiger partial charge < -0.3 is 5.32 Å². The molecule has 5 heteroatoms. The normalized spacial score (nSPS) is 7.88. The van der Waals surface area contributed by atoms with Gasteiger partial charge in [0.15, 0.2) is 0 Å². The minimum atomic E-state index is -0.719. The number of carbonyl (C=O) groups excluding carboxylic acids is 1. The van der Waals surface area contributed by atoms with Crippen LogP contribution in [0.4, 0.5) is 4.79 Å². The van der Waals surface area contributed by atoms with E-state index in [9.17, 15) is 4.79 Å². The van der Waals surface area contributed by atoms with Crippen LogP contribution in [0.1, 0.15) is 0 Å². The van der Waals surface area contributed by atoms with Crippen molar-refractivity contribution in [1.82, 2.24) is 5.32 Å². The van der Waals surface area contributed by atoms with Gasteiger partial charge in [0, 0.05) is 6.20 Å². The molecule has 8 heavy (non-hydrogen) atoms. The lowest BCUT2D eigenvalue weighted by Crippen LogP contribution is -2.06. The van der Waals surface area contributed by atoms with Gasteiger partial charge in [-0.1, -0.05) is 23.2 Å². The number of amides is 1. The average molecular weight is 174 g/mol. The maximum Gasteiger partial charge on any atom is 0.317 e. The largest absolute Gasteiger partial charge is 0.317 e. The number of carbonyl (C=O) groups is 1. The highest BCUT2D eigenvalue weighted by atomic mass is 35.5. The smallest absolute Gasteiger partial charge is 0.317 e. The third kappa shape index (κ3) is 6.08. The number of rotatable bonds is 1. The lowest BCUT2D eigenvalue weighted by molar-refractivity contribution is 0.262. The molecule has 0 aliphatic heterocycles. The van der Waals surface area contributed by atoms with Crippen LogP contribution in [0.5, 0.6) is 0 Å². The van der Waals surface area contributed by atoms with E-state index in [0.29, 0.717) is 0 Å². The Hall–Kier alpha value is 0.0800. The first kappa shape index (κ1) is 8.08. The van der Waals surface area contributed by atoms with E-state index in [2.05, 4.69) is 0 Å². The zero-order valence-electron chi connectivity index (χ0n) is 3.62. The second-order valence-corrected chi connectivity index (χ2v) is 2.20. The number of halogens is 3. The standard InChI is InChI=1S/C3H2Cl3NO/c4-2(5)1-7-3(6)8/h1H,(H,7,8). The van der Waals surface area contributed by atoms with E-state index in [1.54, 1.807) is 0 Å². The van der Waals surface area contributed by atoms with Crippen molar-refractivity contribution in [2.75, 3.05) is 0 Å². The van der Waals surface area contributed by atoms with Gasteiger partial charge in [-0.05, 0) is 11.6 Å². The first-order valence-corrected chi connectivity index (χ1v) is 2.73. The molecule has 0 saturated carbocycles. The summed E-state index contributed by atoms with van der Waals surface area (Å²) in [6, 6.07) is 0. The molecular formula is C3H2Cl3NO. The van der Waals surface area contributed by atoms with E-state index in [-0.39, 0.29) is 4.49 Å². The Morgan fingerprint density at radius 3 is 2.00 bits per heavy atom. The molecular weight excluding hydrogens is 172 g/mol. The van der Waals surface area contributed by atoms with Crippen molar-refractivity contribution in [3.8, 4) is 0 Å². The summed E-state index contributed by atoms with van der Waals surface area (Å²) in [7, 11) is 0. The molecule has 0 atom stereocenters. The molecule has 1 amide bonds. The Labute approximate surface area is 61.4 Å². The molecule has 0 saturated heterocycles. The number of hydrogen-bond donors (Lipinski definition) is 1. The van der Waals surface area contributed by atoms with Crippen LogP contribution < -0.4 is 5.32 Å². The number of nitrogens with one attached hydrogen (secondary N) is 1. The Balaban J connectivity index is 3.45. The first-order chi connectivity index (χ1) is 3.63. The Kier molecular flexibility index (Phi) is 4.05. The zero-order chi connectivity index (χ0) is 6.57. The van der Waals surface area contributed by atoms with E-state index < -0.39 is 5.37 Å². The Bertz CT molecular complexity index is 118. The van der Waals surface area contributed by atoms with Crippen LogP contribution >= 0.6 is 34.8 Å². The van der Waals surface area contributed by atoms with Crippen LogP contribution in [-0.2, 0) is 0 Å². The van der Waals surface area contributed by atoms with Crippen molar-refractivity contribution in [2.45, 2.75) is 0 Å². The molecule has 0 fully saturated rings. The minimum absolute atomic E-state index is 0.0426. The third-order valence-corrected chi connectivity index (χ3v) is 0.622. The van der Waals surface area contributed by atoms with Crippen molar-refractivity contribution >= 4 is 40.2 Å². The topological polar surface area (TPSA) is 29.1 Å². The summed E-state index contributed by atoms with van der Waals surface area (Å²) in [5.74, 6) is 0. The van der Waals surface area contributed by atoms with Crippen LogP contribution in [-0.4, -0.2) is 5.37 Å². The highest BCUT2D eigenvalue weighted by Crippen LogP contribution is 2.03. The lowest BCUT2D eigenvalue weighted by Gasteiger charge is -1.85. The van der Waals surface area contributed by atoms with E-state index >= 15 is 0 Å². The van der Waals surface area contributed by atoms with Gasteiger partial charge in [0.25, 0.3) is 0 Å². The summed E-state index contributed by atoms with van der Waals surface area (Å²) in [5.41, 5.74) is 0. The van der Waals surface area contributed by atoms with Gasteiger partial charge in [-0.25, -0.2) is 0 Å². The highest BCUT2D eigenvalue weighted by Gasteiger charge is 1.87. The van der Waals surface area contributed by atoms with Crippen LogP contribution in [0.25, 0.3) is 0 Å². The second-order valence-electron chi connectivity index (χ2n) is 0.852. The van der Waals surface area contributed by atoms with E-state index in [1.807, 2.05) is 5.32 Å². The minimum Gasteiger partial charge on any atom is -0.317 e. The molecule has 46 valence electrons. The Morgan fingerprint density at radius 2 is 1.88 bits per heavy atom. The summed E-state index contributed by atoms with van der Waals surface area (Å²) >= 11 is 15.0. The monoisotopic (exact) mass is 173 g/mol. The molecule has 2 nitrogen and oxygen atoms in total. The number of hydrogen-bond acceptors (Lipinski definition) is 1. The van der Waals surface area contributed by atoms with Crippen LogP contribution in [0, 0.1) is 0 Å². The molecule has 1 N–H and O–H groups in total. The summed E-state index contributed by atoms with van der Waals surface area (Å²) in [6.07, 6.45) is 1.08. The van der Waals surface area contributed by atoms with Crippen molar-refractivity contribution in [3.63, 3.8) is 0 Å². The summed E-state index contributed by atoms with van der Waals surface area (Å²) in [4.78, 5) is 9.84. The lowest BCUT2D eigenvalue weighted by atomic mass is 11.0. The zero-order valence-corrected chi connectivity index (χ0v) is 5.89. The van der Waals surface area contributed by atoms with Gasteiger partial charge in [-0.15, -0.1) is 0 Å². The van der Waals surface area contributed by atoms with Gasteiger partial charge in [0.2, 0.25) is 0 Å². The van der Waals surface area contributed by atoms with Gasteiger partial charge in [0.1, 0.15) is 4.49 Å². The average Bonchev–Trinajstić information content (AvgIpc) is 1.61. The quantitative estimate of drug-likeness (QED) is 0.479. The van der Waals surface area contributed by atoms with Crippen LogP contribution in [0.3, 0.4) is 0 Å². The van der Waals surface area contributed by atoms with Crippen molar-refractivity contribution in [3.05, 3.63) is 10.7 Å². The van der Waals surface area contributed by atoms with Gasteiger partial charge >= 0.3 is 5.37 Å². The maximum absolute atomic E-state index is 9.84. The summed E-state index contributed by atoms with van der Waals surface area (Å²) in [6.45, 7) is 0. The maximum atomic E-state index is 9.84. The Morgan fingerprint density at radius 1 is 1.38 bits per heavy atom. The summed E-state index contributed by atoms with van der Waals surface area (Å²) < 4.78 is -0.0426. The molecule has 0 aromatic heterocycles. The van der Waals surface area contributed by atoms with Gasteiger partial charge in [-0.3, -0.25) is 4.79 Å². The molecule has 0 spiro atoms. The van der Waals surface area contributed by atoms with E-state index in [0.717, 1.165) is 6.20 Å². The van der Waals surface area contributed by atoms with Crippen molar-refractivity contribution in [1.29, 1.82) is 0 Å². The molecule has 0 rings (SSSR count). The van der Waals surface area contributed by atoms with Crippen LogP contribution in [0.2, 0.25) is 0 Å². The van der Waals surface area contributed by atoms with Crippen molar-refractivity contribution < 1.29 is 4.79 Å². The second kappa shape index (κ2) is 4.01. The highest BCUT2D eigenvalue weighted by molar-refractivity contribution is 6.63. The van der Waals surface area contributed by atoms with Gasteiger partial charge in [0.05, 0.1) is 0 Å². The molecule has 0 aliphatic rings. The third-order valence-electron chi connectivity index (χ3n) is 0.295. The molecule has 0 radical (unpaired) electrons. The first-order valence-electron chi connectivity index (χ1n) is 1.60. The molecule has 0 heterocycles. The van der Waals surface area contributed by atoms with Crippen molar-refractivity contribution in [2.24, 2.45) is 0 Å². The fourth-order valence-corrected chi connectivity index (χ4v) is 0.275. The van der Waals surface area contributed by atoms with E-state index in [4.69, 9.17) is 34.8 Å². The molecule has 0 aromatic rings. The molecule has 0 bridgehead atoms.